The number of carbonyl (C=O) groups excluding carboxylic acids is 1. The van der Waals surface area contributed by atoms with Crippen molar-refractivity contribution in [3.05, 3.63) is 35.4 Å². The molecule has 1 saturated heterocycles. The third-order valence-electron chi connectivity index (χ3n) is 3.11. The number of amides is 1. The highest BCUT2D eigenvalue weighted by molar-refractivity contribution is 5.94. The van der Waals surface area contributed by atoms with Crippen molar-refractivity contribution < 1.29 is 4.79 Å². The van der Waals surface area contributed by atoms with Crippen LogP contribution in [0.25, 0.3) is 0 Å². The number of halogens is 2. The average molecular weight is 320 g/mol. The lowest BCUT2D eigenvalue weighted by molar-refractivity contribution is 0.0942. The van der Waals surface area contributed by atoms with Crippen LogP contribution in [0, 0.1) is 5.92 Å². The smallest absolute Gasteiger partial charge is 0.251 e. The third kappa shape index (κ3) is 5.67. The van der Waals surface area contributed by atoms with E-state index >= 15 is 0 Å². The maximum atomic E-state index is 12.0. The van der Waals surface area contributed by atoms with Gasteiger partial charge in [0.15, 0.2) is 0 Å². The maximum absolute atomic E-state index is 12.0. The first-order valence-corrected chi connectivity index (χ1v) is 6.38. The molecule has 1 fully saturated rings. The first-order valence-electron chi connectivity index (χ1n) is 6.38. The fraction of sp³-hybridized carbons (Fsp3) is 0.500. The summed E-state index contributed by atoms with van der Waals surface area (Å²) in [5.41, 5.74) is 1.92. The van der Waals surface area contributed by atoms with Crippen molar-refractivity contribution in [2.45, 2.75) is 6.54 Å². The van der Waals surface area contributed by atoms with Crippen molar-refractivity contribution >= 4 is 30.7 Å². The Labute approximate surface area is 133 Å². The van der Waals surface area contributed by atoms with Gasteiger partial charge in [0.1, 0.15) is 0 Å². The summed E-state index contributed by atoms with van der Waals surface area (Å²) >= 11 is 0. The Morgan fingerprint density at radius 1 is 1.35 bits per heavy atom. The van der Waals surface area contributed by atoms with Gasteiger partial charge in [-0.3, -0.25) is 4.79 Å². The van der Waals surface area contributed by atoms with Crippen LogP contribution in [0.2, 0.25) is 0 Å². The zero-order valence-corrected chi connectivity index (χ0v) is 13.5. The van der Waals surface area contributed by atoms with Crippen LogP contribution in [-0.2, 0) is 6.54 Å². The quantitative estimate of drug-likeness (QED) is 0.865. The predicted molar refractivity (Wildman–Crippen MR) is 87.0 cm³/mol. The number of rotatable bonds is 5. The first-order chi connectivity index (χ1) is 8.65. The van der Waals surface area contributed by atoms with E-state index in [1.54, 1.807) is 0 Å². The molecule has 0 radical (unpaired) electrons. The SMILES string of the molecule is CN(C)Cc1cccc(C(=O)NCC2CNC2)c1.Cl.Cl. The van der Waals surface area contributed by atoms with E-state index in [1.807, 2.05) is 38.4 Å². The first kappa shape index (κ1) is 19.2. The number of carbonyl (C=O) groups is 1. The minimum atomic E-state index is 0. The molecule has 0 aliphatic carbocycles. The summed E-state index contributed by atoms with van der Waals surface area (Å²) in [5, 5.41) is 6.19. The van der Waals surface area contributed by atoms with E-state index in [2.05, 4.69) is 15.5 Å². The number of hydrogen-bond donors (Lipinski definition) is 2. The van der Waals surface area contributed by atoms with Gasteiger partial charge in [-0.2, -0.15) is 0 Å². The summed E-state index contributed by atoms with van der Waals surface area (Å²) in [4.78, 5) is 14.1. The topological polar surface area (TPSA) is 44.4 Å². The molecule has 0 bridgehead atoms. The van der Waals surface area contributed by atoms with Crippen molar-refractivity contribution in [1.82, 2.24) is 15.5 Å². The van der Waals surface area contributed by atoms with Crippen LogP contribution >= 0.6 is 24.8 Å². The summed E-state index contributed by atoms with van der Waals surface area (Å²) in [6.45, 7) is 3.65. The fourth-order valence-corrected chi connectivity index (χ4v) is 2.01. The molecule has 0 saturated carbocycles. The number of hydrogen-bond acceptors (Lipinski definition) is 3. The average Bonchev–Trinajstić information content (AvgIpc) is 2.26. The number of nitrogens with one attached hydrogen (secondary N) is 2. The Morgan fingerprint density at radius 3 is 2.60 bits per heavy atom. The van der Waals surface area contributed by atoms with Gasteiger partial charge in [-0.1, -0.05) is 12.1 Å². The Balaban J connectivity index is 0.00000180. The minimum absolute atomic E-state index is 0. The summed E-state index contributed by atoms with van der Waals surface area (Å²) < 4.78 is 0. The lowest BCUT2D eigenvalue weighted by Crippen LogP contribution is -2.48. The van der Waals surface area contributed by atoms with Gasteiger partial charge in [-0.05, 0) is 31.8 Å². The Kier molecular flexibility index (Phi) is 8.81. The Hall–Kier alpha value is -0.810. The lowest BCUT2D eigenvalue weighted by atomic mass is 10.0. The van der Waals surface area contributed by atoms with E-state index in [0.29, 0.717) is 5.92 Å². The van der Waals surface area contributed by atoms with Crippen LogP contribution in [0.15, 0.2) is 24.3 Å². The second-order valence-electron chi connectivity index (χ2n) is 5.17. The third-order valence-corrected chi connectivity index (χ3v) is 3.11. The molecule has 1 aliphatic rings. The molecule has 20 heavy (non-hydrogen) atoms. The summed E-state index contributed by atoms with van der Waals surface area (Å²) in [5.74, 6) is 0.626. The largest absolute Gasteiger partial charge is 0.352 e. The highest BCUT2D eigenvalue weighted by Crippen LogP contribution is 2.08. The van der Waals surface area contributed by atoms with E-state index in [1.165, 1.54) is 0 Å². The van der Waals surface area contributed by atoms with E-state index in [-0.39, 0.29) is 30.7 Å². The van der Waals surface area contributed by atoms with Gasteiger partial charge in [0.05, 0.1) is 0 Å². The maximum Gasteiger partial charge on any atom is 0.251 e. The fourth-order valence-electron chi connectivity index (χ4n) is 2.01. The summed E-state index contributed by atoms with van der Waals surface area (Å²) in [6.07, 6.45) is 0. The molecular weight excluding hydrogens is 297 g/mol. The molecule has 1 amide bonds. The van der Waals surface area contributed by atoms with Gasteiger partial charge in [0.25, 0.3) is 5.91 Å². The molecule has 0 aromatic heterocycles. The van der Waals surface area contributed by atoms with Crippen molar-refractivity contribution in [3.63, 3.8) is 0 Å². The number of nitrogens with zero attached hydrogens (tertiary/aromatic N) is 1. The number of benzene rings is 1. The molecule has 2 N–H and O–H groups in total. The van der Waals surface area contributed by atoms with E-state index < -0.39 is 0 Å². The highest BCUT2D eigenvalue weighted by atomic mass is 35.5. The lowest BCUT2D eigenvalue weighted by Gasteiger charge is -2.27. The van der Waals surface area contributed by atoms with E-state index in [0.717, 1.165) is 37.3 Å². The molecule has 1 aromatic carbocycles. The predicted octanol–water partition coefficient (Wildman–Crippen LogP) is 1.54. The molecule has 1 aliphatic heterocycles. The van der Waals surface area contributed by atoms with Crippen LogP contribution < -0.4 is 10.6 Å². The van der Waals surface area contributed by atoms with Crippen molar-refractivity contribution in [3.8, 4) is 0 Å². The standard InChI is InChI=1S/C14H21N3O.2ClH/c1-17(2)10-11-4-3-5-13(6-11)14(18)16-9-12-7-15-8-12;;/h3-6,12,15H,7-10H2,1-2H3,(H,16,18);2*1H. The van der Waals surface area contributed by atoms with Crippen molar-refractivity contribution in [1.29, 1.82) is 0 Å². The van der Waals surface area contributed by atoms with Crippen molar-refractivity contribution in [2.75, 3.05) is 33.7 Å². The highest BCUT2D eigenvalue weighted by Gasteiger charge is 2.17. The van der Waals surface area contributed by atoms with Crippen molar-refractivity contribution in [2.24, 2.45) is 5.92 Å². The van der Waals surface area contributed by atoms with Crippen LogP contribution in [0.5, 0.6) is 0 Å². The normalized spacial score (nSPS) is 13.9. The molecular formula is C14H23Cl2N3O. The van der Waals surface area contributed by atoms with E-state index in [4.69, 9.17) is 0 Å². The van der Waals surface area contributed by atoms with Gasteiger partial charge >= 0.3 is 0 Å². The Bertz CT molecular complexity index is 423. The second kappa shape index (κ2) is 9.19. The van der Waals surface area contributed by atoms with Crippen LogP contribution in [0.1, 0.15) is 15.9 Å². The Morgan fingerprint density at radius 2 is 2.05 bits per heavy atom. The van der Waals surface area contributed by atoms with Crippen LogP contribution in [0.3, 0.4) is 0 Å². The molecule has 1 heterocycles. The van der Waals surface area contributed by atoms with Gasteiger partial charge in [0, 0.05) is 37.7 Å². The van der Waals surface area contributed by atoms with Gasteiger partial charge in [-0.25, -0.2) is 0 Å². The monoisotopic (exact) mass is 319 g/mol. The molecule has 0 spiro atoms. The molecule has 0 unspecified atom stereocenters. The van der Waals surface area contributed by atoms with Crippen LogP contribution in [0.4, 0.5) is 0 Å². The molecule has 0 atom stereocenters. The molecule has 1 aromatic rings. The molecule has 2 rings (SSSR count). The van der Waals surface area contributed by atoms with Gasteiger partial charge in [-0.15, -0.1) is 24.8 Å². The van der Waals surface area contributed by atoms with Crippen LogP contribution in [-0.4, -0.2) is 44.5 Å². The minimum Gasteiger partial charge on any atom is -0.352 e. The molecule has 114 valence electrons. The zero-order chi connectivity index (χ0) is 13.0. The molecule has 4 nitrogen and oxygen atoms in total. The summed E-state index contributed by atoms with van der Waals surface area (Å²) in [7, 11) is 4.05. The molecule has 6 heteroatoms. The van der Waals surface area contributed by atoms with Gasteiger partial charge in [0.2, 0.25) is 0 Å². The second-order valence-corrected chi connectivity index (χ2v) is 5.17. The summed E-state index contributed by atoms with van der Waals surface area (Å²) in [6, 6.07) is 7.83. The van der Waals surface area contributed by atoms with Gasteiger partial charge < -0.3 is 15.5 Å². The van der Waals surface area contributed by atoms with E-state index in [9.17, 15) is 4.79 Å². The zero-order valence-electron chi connectivity index (χ0n) is 11.9.